The molecule has 1 aliphatic carbocycles. The maximum Gasteiger partial charge on any atom is 0.328 e. The second-order valence-corrected chi connectivity index (χ2v) is 5.06. The minimum absolute atomic E-state index is 0.696. The number of aryl methyl sites for hydroxylation is 1. The molecular weight excluding hydrogens is 228 g/mol. The molecule has 3 rings (SSSR count). The van der Waals surface area contributed by atoms with Crippen molar-refractivity contribution in [3.8, 4) is 0 Å². The average molecular weight is 246 g/mol. The third kappa shape index (κ3) is 1.56. The van der Waals surface area contributed by atoms with Gasteiger partial charge in [0.2, 0.25) is 0 Å². The summed E-state index contributed by atoms with van der Waals surface area (Å²) >= 11 is 0. The van der Waals surface area contributed by atoms with Gasteiger partial charge in [0.1, 0.15) is 5.54 Å². The summed E-state index contributed by atoms with van der Waals surface area (Å²) in [4.78, 5) is 14.1. The van der Waals surface area contributed by atoms with Gasteiger partial charge in [0.25, 0.3) is 0 Å². The van der Waals surface area contributed by atoms with Crippen molar-refractivity contribution in [2.75, 3.05) is 26.2 Å². The summed E-state index contributed by atoms with van der Waals surface area (Å²) in [5.41, 5.74) is 1.40. The lowest BCUT2D eigenvalue weighted by atomic mass is 9.89. The monoisotopic (exact) mass is 246 g/mol. The molecule has 0 spiro atoms. The van der Waals surface area contributed by atoms with E-state index in [0.717, 1.165) is 38.2 Å². The molecule has 1 fully saturated rings. The van der Waals surface area contributed by atoms with E-state index in [1.165, 1.54) is 5.56 Å². The van der Waals surface area contributed by atoms with Gasteiger partial charge in [-0.25, -0.2) is 4.79 Å². The molecular formula is C14H18N2O2. The number of carboxylic acid groups (broad SMARTS) is 1. The summed E-state index contributed by atoms with van der Waals surface area (Å²) in [5, 5.41) is 13.1. The molecule has 0 amide bonds. The number of nitrogens with zero attached hydrogens (tertiary/aromatic N) is 1. The molecule has 0 bridgehead atoms. The number of rotatable bonds is 2. The van der Waals surface area contributed by atoms with Crippen LogP contribution in [-0.2, 0) is 16.8 Å². The molecule has 4 heteroatoms. The lowest BCUT2D eigenvalue weighted by Crippen LogP contribution is -2.57. The number of fused-ring (bicyclic) bond motifs is 1. The van der Waals surface area contributed by atoms with E-state index in [1.54, 1.807) is 0 Å². The molecule has 1 aromatic carbocycles. The van der Waals surface area contributed by atoms with Crippen LogP contribution in [0.4, 0.5) is 0 Å². The Morgan fingerprint density at radius 3 is 2.72 bits per heavy atom. The van der Waals surface area contributed by atoms with Crippen molar-refractivity contribution in [2.45, 2.75) is 18.4 Å². The summed E-state index contributed by atoms with van der Waals surface area (Å²) in [5.74, 6) is -0.700. The van der Waals surface area contributed by atoms with Gasteiger partial charge in [0.15, 0.2) is 0 Å². The van der Waals surface area contributed by atoms with Crippen LogP contribution in [0, 0.1) is 0 Å². The first-order valence-electron chi connectivity index (χ1n) is 6.53. The summed E-state index contributed by atoms with van der Waals surface area (Å²) in [6, 6.07) is 7.99. The van der Waals surface area contributed by atoms with Crippen LogP contribution >= 0.6 is 0 Å². The van der Waals surface area contributed by atoms with Crippen LogP contribution in [0.25, 0.3) is 0 Å². The zero-order valence-corrected chi connectivity index (χ0v) is 10.4. The van der Waals surface area contributed by atoms with Crippen LogP contribution in [0.5, 0.6) is 0 Å². The third-order valence-electron chi connectivity index (χ3n) is 4.23. The van der Waals surface area contributed by atoms with Crippen molar-refractivity contribution in [1.82, 2.24) is 10.2 Å². The summed E-state index contributed by atoms with van der Waals surface area (Å²) < 4.78 is 0. The van der Waals surface area contributed by atoms with Crippen molar-refractivity contribution in [1.29, 1.82) is 0 Å². The number of hydrogen-bond donors (Lipinski definition) is 2. The van der Waals surface area contributed by atoms with Gasteiger partial charge in [-0.2, -0.15) is 0 Å². The zero-order valence-electron chi connectivity index (χ0n) is 10.4. The van der Waals surface area contributed by atoms with Crippen LogP contribution in [-0.4, -0.2) is 42.2 Å². The largest absolute Gasteiger partial charge is 0.480 e. The first-order chi connectivity index (χ1) is 8.75. The van der Waals surface area contributed by atoms with Crippen molar-refractivity contribution < 1.29 is 9.90 Å². The lowest BCUT2D eigenvalue weighted by Gasteiger charge is -2.41. The number of carbonyl (C=O) groups is 1. The third-order valence-corrected chi connectivity index (χ3v) is 4.23. The molecule has 18 heavy (non-hydrogen) atoms. The molecule has 0 saturated carbocycles. The highest BCUT2D eigenvalue weighted by atomic mass is 16.4. The number of benzene rings is 1. The summed E-state index contributed by atoms with van der Waals surface area (Å²) in [6.45, 7) is 3.36. The van der Waals surface area contributed by atoms with E-state index in [-0.39, 0.29) is 0 Å². The van der Waals surface area contributed by atoms with Crippen LogP contribution in [0.15, 0.2) is 24.3 Å². The predicted octanol–water partition coefficient (Wildman–Crippen LogP) is 0.818. The minimum atomic E-state index is -0.793. The van der Waals surface area contributed by atoms with Crippen LogP contribution < -0.4 is 5.32 Å². The number of nitrogens with one attached hydrogen (secondary N) is 1. The van der Waals surface area contributed by atoms with Crippen LogP contribution in [0.1, 0.15) is 17.5 Å². The highest BCUT2D eigenvalue weighted by Gasteiger charge is 2.50. The fourth-order valence-electron chi connectivity index (χ4n) is 3.32. The number of carboxylic acids is 1. The number of piperazine rings is 1. The van der Waals surface area contributed by atoms with Crippen LogP contribution in [0.3, 0.4) is 0 Å². The molecule has 1 heterocycles. The summed E-state index contributed by atoms with van der Waals surface area (Å²) in [7, 11) is 0. The molecule has 1 unspecified atom stereocenters. The normalized spacial score (nSPS) is 28.0. The predicted molar refractivity (Wildman–Crippen MR) is 68.5 cm³/mol. The van der Waals surface area contributed by atoms with Gasteiger partial charge in [-0.1, -0.05) is 24.3 Å². The molecule has 1 saturated heterocycles. The van der Waals surface area contributed by atoms with Crippen molar-refractivity contribution in [3.05, 3.63) is 35.4 Å². The zero-order chi connectivity index (χ0) is 12.6. The Morgan fingerprint density at radius 1 is 1.28 bits per heavy atom. The minimum Gasteiger partial charge on any atom is -0.480 e. The molecule has 0 radical (unpaired) electrons. The van der Waals surface area contributed by atoms with E-state index >= 15 is 0 Å². The van der Waals surface area contributed by atoms with E-state index in [4.69, 9.17) is 0 Å². The van der Waals surface area contributed by atoms with Gasteiger partial charge in [-0.15, -0.1) is 0 Å². The van der Waals surface area contributed by atoms with Gasteiger partial charge in [-0.05, 0) is 24.0 Å². The maximum atomic E-state index is 11.9. The van der Waals surface area contributed by atoms with Crippen LogP contribution in [0.2, 0.25) is 0 Å². The van der Waals surface area contributed by atoms with Gasteiger partial charge in [0.05, 0.1) is 0 Å². The summed E-state index contributed by atoms with van der Waals surface area (Å²) in [6.07, 6.45) is 1.56. The molecule has 2 N–H and O–H groups in total. The van der Waals surface area contributed by atoms with Crippen molar-refractivity contribution >= 4 is 5.97 Å². The fraction of sp³-hybridized carbons (Fsp3) is 0.500. The number of hydrogen-bond acceptors (Lipinski definition) is 3. The Hall–Kier alpha value is -1.39. The molecule has 1 atom stereocenters. The Morgan fingerprint density at radius 2 is 2.00 bits per heavy atom. The molecule has 2 aliphatic rings. The van der Waals surface area contributed by atoms with E-state index in [9.17, 15) is 9.90 Å². The van der Waals surface area contributed by atoms with Gasteiger partial charge < -0.3 is 10.4 Å². The van der Waals surface area contributed by atoms with Gasteiger partial charge in [-0.3, -0.25) is 4.90 Å². The van der Waals surface area contributed by atoms with Gasteiger partial charge in [0, 0.05) is 26.2 Å². The Kier molecular flexibility index (Phi) is 2.84. The van der Waals surface area contributed by atoms with E-state index < -0.39 is 11.5 Å². The smallest absolute Gasteiger partial charge is 0.328 e. The Labute approximate surface area is 107 Å². The molecule has 1 aromatic rings. The molecule has 4 nitrogen and oxygen atoms in total. The van der Waals surface area contributed by atoms with E-state index in [2.05, 4.69) is 16.3 Å². The lowest BCUT2D eigenvalue weighted by molar-refractivity contribution is -0.153. The second-order valence-electron chi connectivity index (χ2n) is 5.06. The van der Waals surface area contributed by atoms with E-state index in [0.29, 0.717) is 6.42 Å². The Balaban J connectivity index is 2.06. The topological polar surface area (TPSA) is 52.6 Å². The highest BCUT2D eigenvalue weighted by molar-refractivity contribution is 5.82. The standard InChI is InChI=1S/C14H18N2O2/c17-13(18)14(16-9-7-15-8-10-16)6-5-11-3-1-2-4-12(11)14/h1-4,15H,5-10H2,(H,17,18). The SMILES string of the molecule is O=C(O)C1(N2CCNCC2)CCc2ccccc21. The van der Waals surface area contributed by atoms with E-state index in [1.807, 2.05) is 18.2 Å². The highest BCUT2D eigenvalue weighted by Crippen LogP contribution is 2.42. The molecule has 96 valence electrons. The Bertz CT molecular complexity index is 469. The molecule has 1 aliphatic heterocycles. The van der Waals surface area contributed by atoms with Crippen molar-refractivity contribution in [2.24, 2.45) is 0 Å². The maximum absolute atomic E-state index is 11.9. The fourth-order valence-corrected chi connectivity index (χ4v) is 3.32. The number of aliphatic carboxylic acids is 1. The van der Waals surface area contributed by atoms with Gasteiger partial charge >= 0.3 is 5.97 Å². The second kappa shape index (κ2) is 4.37. The quantitative estimate of drug-likeness (QED) is 0.811. The molecule has 0 aromatic heterocycles. The first-order valence-corrected chi connectivity index (χ1v) is 6.53. The van der Waals surface area contributed by atoms with Crippen molar-refractivity contribution in [3.63, 3.8) is 0 Å². The average Bonchev–Trinajstić information content (AvgIpc) is 2.80. The first kappa shape index (κ1) is 11.7.